The molecule has 0 aliphatic heterocycles. The molecule has 140 valence electrons. The predicted molar refractivity (Wildman–Crippen MR) is 102 cm³/mol. The number of carbonyl (C=O) groups excluding carboxylic acids is 1. The number of carbonyl (C=O) groups is 1. The second-order valence-corrected chi connectivity index (χ2v) is 9.83. The molecule has 2 fully saturated rings. The number of urea groups is 1. The fourth-order valence-electron chi connectivity index (χ4n) is 5.49. The molecule has 3 nitrogen and oxygen atoms in total. The Balaban J connectivity index is 2.13. The van der Waals surface area contributed by atoms with E-state index < -0.39 is 0 Å². The number of hydrogen-bond acceptors (Lipinski definition) is 1. The van der Waals surface area contributed by atoms with Crippen LogP contribution in [-0.2, 0) is 0 Å². The van der Waals surface area contributed by atoms with E-state index in [9.17, 15) is 4.79 Å². The molecule has 0 aromatic carbocycles. The van der Waals surface area contributed by atoms with Crippen LogP contribution in [0.4, 0.5) is 4.79 Å². The van der Waals surface area contributed by atoms with Gasteiger partial charge in [0.2, 0.25) is 0 Å². The third-order valence-corrected chi connectivity index (χ3v) is 7.40. The van der Waals surface area contributed by atoms with Crippen LogP contribution in [0, 0.1) is 23.7 Å². The second-order valence-electron chi connectivity index (χ2n) is 9.83. The van der Waals surface area contributed by atoms with E-state index in [2.05, 4.69) is 46.4 Å². The number of nitrogens with two attached hydrogens (primary N) is 1. The first-order valence-electron chi connectivity index (χ1n) is 10.2. The maximum atomic E-state index is 12.5. The highest BCUT2D eigenvalue weighted by atomic mass is 16.2. The van der Waals surface area contributed by atoms with Crippen LogP contribution in [0.15, 0.2) is 0 Å². The monoisotopic (exact) mass is 336 g/mol. The van der Waals surface area contributed by atoms with Crippen LogP contribution >= 0.6 is 0 Å². The summed E-state index contributed by atoms with van der Waals surface area (Å²) in [7, 11) is 0. The highest BCUT2D eigenvalue weighted by Crippen LogP contribution is 2.47. The quantitative estimate of drug-likeness (QED) is 0.716. The zero-order valence-electron chi connectivity index (χ0n) is 16.9. The topological polar surface area (TPSA) is 46.3 Å². The number of nitrogens with zero attached hydrogens (tertiary/aromatic N) is 1. The second kappa shape index (κ2) is 7.25. The minimum Gasteiger partial charge on any atom is -0.351 e. The summed E-state index contributed by atoms with van der Waals surface area (Å²) in [4.78, 5) is 14.6. The zero-order chi connectivity index (χ0) is 18.1. The molecule has 0 unspecified atom stereocenters. The van der Waals surface area contributed by atoms with Gasteiger partial charge in [-0.3, -0.25) is 0 Å². The summed E-state index contributed by atoms with van der Waals surface area (Å²) < 4.78 is 0. The average Bonchev–Trinajstić information content (AvgIpc) is 2.47. The van der Waals surface area contributed by atoms with E-state index in [1.54, 1.807) is 0 Å². The fourth-order valence-corrected chi connectivity index (χ4v) is 5.49. The van der Waals surface area contributed by atoms with Gasteiger partial charge in [0.1, 0.15) is 0 Å². The molecule has 2 aliphatic carbocycles. The first-order valence-corrected chi connectivity index (χ1v) is 10.2. The van der Waals surface area contributed by atoms with Crippen molar-refractivity contribution in [3.63, 3.8) is 0 Å². The Morgan fingerprint density at radius 3 is 1.33 bits per heavy atom. The maximum Gasteiger partial charge on any atom is 0.315 e. The van der Waals surface area contributed by atoms with Crippen LogP contribution in [0.1, 0.15) is 92.9 Å². The van der Waals surface area contributed by atoms with Gasteiger partial charge in [0.25, 0.3) is 0 Å². The number of primary amides is 1. The van der Waals surface area contributed by atoms with Crippen molar-refractivity contribution in [2.24, 2.45) is 29.4 Å². The van der Waals surface area contributed by atoms with Gasteiger partial charge in [0.05, 0.1) is 0 Å². The number of amides is 2. The molecule has 0 aromatic heterocycles. The van der Waals surface area contributed by atoms with E-state index in [1.807, 2.05) is 0 Å². The Hall–Kier alpha value is -0.730. The minimum absolute atomic E-state index is 0.0589. The van der Waals surface area contributed by atoms with Crippen molar-refractivity contribution in [1.29, 1.82) is 0 Å². The summed E-state index contributed by atoms with van der Waals surface area (Å²) in [6.45, 7) is 13.9. The summed E-state index contributed by atoms with van der Waals surface area (Å²) in [5.41, 5.74) is 5.83. The van der Waals surface area contributed by atoms with Crippen LogP contribution in [0.5, 0.6) is 0 Å². The van der Waals surface area contributed by atoms with Gasteiger partial charge >= 0.3 is 6.03 Å². The molecule has 2 aliphatic rings. The van der Waals surface area contributed by atoms with E-state index in [0.29, 0.717) is 0 Å². The highest BCUT2D eigenvalue weighted by Gasteiger charge is 2.48. The molecule has 0 heterocycles. The van der Waals surface area contributed by atoms with Crippen LogP contribution in [0.25, 0.3) is 0 Å². The molecule has 0 spiro atoms. The zero-order valence-corrected chi connectivity index (χ0v) is 16.9. The van der Waals surface area contributed by atoms with Gasteiger partial charge in [-0.2, -0.15) is 0 Å². The molecule has 2 amide bonds. The van der Waals surface area contributed by atoms with Crippen molar-refractivity contribution in [2.75, 3.05) is 0 Å². The normalized spacial score (nSPS) is 37.7. The fraction of sp³-hybridized carbons (Fsp3) is 0.952. The van der Waals surface area contributed by atoms with Gasteiger partial charge in [-0.25, -0.2) is 4.79 Å². The van der Waals surface area contributed by atoms with E-state index in [-0.39, 0.29) is 17.1 Å². The minimum atomic E-state index is -0.203. The van der Waals surface area contributed by atoms with E-state index >= 15 is 0 Å². The summed E-state index contributed by atoms with van der Waals surface area (Å²) >= 11 is 0. The molecule has 2 saturated carbocycles. The first kappa shape index (κ1) is 19.6. The molecule has 24 heavy (non-hydrogen) atoms. The molecule has 0 aromatic rings. The molecule has 0 atom stereocenters. The van der Waals surface area contributed by atoms with Gasteiger partial charge in [0.15, 0.2) is 0 Å². The molecule has 0 radical (unpaired) electrons. The van der Waals surface area contributed by atoms with Crippen LogP contribution in [0.2, 0.25) is 0 Å². The van der Waals surface area contributed by atoms with Crippen molar-refractivity contribution < 1.29 is 4.79 Å². The lowest BCUT2D eigenvalue weighted by Crippen LogP contribution is -2.64. The van der Waals surface area contributed by atoms with E-state index in [1.165, 1.54) is 25.7 Å². The molecular formula is C21H40N2O. The summed E-state index contributed by atoms with van der Waals surface area (Å²) in [6, 6.07) is -0.203. The lowest BCUT2D eigenvalue weighted by atomic mass is 9.68. The van der Waals surface area contributed by atoms with Gasteiger partial charge in [-0.15, -0.1) is 0 Å². The number of rotatable bonds is 4. The van der Waals surface area contributed by atoms with E-state index in [0.717, 1.165) is 49.4 Å². The Morgan fingerprint density at radius 1 is 0.833 bits per heavy atom. The standard InChI is InChI=1S/C21H40N2O/c1-15(2)17-7-11-20(5,12-8-17)23(19(22)24)21(6)13-9-18(10-14-21)16(3)4/h15-18H,7-14H2,1-6H3,(H2,22,24). The third-order valence-electron chi connectivity index (χ3n) is 7.40. The maximum absolute atomic E-state index is 12.5. The van der Waals surface area contributed by atoms with Gasteiger partial charge in [-0.05, 0) is 88.9 Å². The lowest BCUT2D eigenvalue weighted by molar-refractivity contribution is -0.0237. The van der Waals surface area contributed by atoms with Crippen LogP contribution in [0.3, 0.4) is 0 Å². The highest BCUT2D eigenvalue weighted by molar-refractivity contribution is 5.74. The summed E-state index contributed by atoms with van der Waals surface area (Å²) in [5, 5.41) is 0. The molecule has 0 saturated heterocycles. The van der Waals surface area contributed by atoms with Gasteiger partial charge in [-0.1, -0.05) is 27.7 Å². The molecule has 0 bridgehead atoms. The van der Waals surface area contributed by atoms with Gasteiger partial charge in [0, 0.05) is 11.1 Å². The Labute approximate surface area is 149 Å². The lowest BCUT2D eigenvalue weighted by Gasteiger charge is -2.55. The molecule has 2 rings (SSSR count). The molecular weight excluding hydrogens is 296 g/mol. The first-order chi connectivity index (χ1) is 11.1. The summed E-state index contributed by atoms with van der Waals surface area (Å²) in [5.74, 6) is 3.09. The van der Waals surface area contributed by atoms with Crippen molar-refractivity contribution in [3.8, 4) is 0 Å². The van der Waals surface area contributed by atoms with Crippen molar-refractivity contribution in [3.05, 3.63) is 0 Å². The van der Waals surface area contributed by atoms with Crippen LogP contribution < -0.4 is 5.73 Å². The van der Waals surface area contributed by atoms with Gasteiger partial charge < -0.3 is 10.6 Å². The SMILES string of the molecule is CC(C)C1CCC(C)(N(C(N)=O)C2(C)CCC(C(C)C)CC2)CC1. The Morgan fingerprint density at radius 2 is 1.12 bits per heavy atom. The largest absolute Gasteiger partial charge is 0.351 e. The van der Waals surface area contributed by atoms with Crippen LogP contribution in [-0.4, -0.2) is 22.0 Å². The average molecular weight is 337 g/mol. The van der Waals surface area contributed by atoms with Crippen molar-refractivity contribution in [2.45, 2.75) is 104 Å². The van der Waals surface area contributed by atoms with Crippen molar-refractivity contribution in [1.82, 2.24) is 4.90 Å². The number of hydrogen-bond donors (Lipinski definition) is 1. The predicted octanol–water partition coefficient (Wildman–Crippen LogP) is 5.58. The Kier molecular flexibility index (Phi) is 5.92. The Bertz CT molecular complexity index is 393. The van der Waals surface area contributed by atoms with E-state index in [4.69, 9.17) is 5.73 Å². The molecule has 3 heteroatoms. The molecule has 2 N–H and O–H groups in total. The smallest absolute Gasteiger partial charge is 0.315 e. The third kappa shape index (κ3) is 3.91. The van der Waals surface area contributed by atoms with Crippen molar-refractivity contribution >= 4 is 6.03 Å². The summed E-state index contributed by atoms with van der Waals surface area (Å²) in [6.07, 6.45) is 9.30.